The van der Waals surface area contributed by atoms with E-state index in [0.717, 1.165) is 67.2 Å². The van der Waals surface area contributed by atoms with E-state index in [1.807, 2.05) is 35.0 Å². The van der Waals surface area contributed by atoms with E-state index in [1.165, 1.54) is 17.7 Å². The molecule has 1 aliphatic rings. The monoisotopic (exact) mass is 609 g/mol. The number of aromatic hydroxyl groups is 1. The largest absolute Gasteiger partial charge is 0.506 e. The lowest BCUT2D eigenvalue weighted by molar-refractivity contribution is -0.145. The Labute approximate surface area is 260 Å². The zero-order chi connectivity index (χ0) is 31.4. The molecule has 0 amide bonds. The van der Waals surface area contributed by atoms with Gasteiger partial charge in [0.2, 0.25) is 5.56 Å². The number of carboxylic acid groups (broad SMARTS) is 1. The van der Waals surface area contributed by atoms with Crippen molar-refractivity contribution in [1.82, 2.24) is 25.3 Å². The predicted octanol–water partition coefficient (Wildman–Crippen LogP) is 5.11. The Kier molecular flexibility index (Phi) is 8.95. The number of rotatable bonds is 12. The van der Waals surface area contributed by atoms with Gasteiger partial charge < -0.3 is 25.6 Å². The number of aryl methyl sites for hydroxylation is 2. The Morgan fingerprint density at radius 1 is 1.00 bits per heavy atom. The van der Waals surface area contributed by atoms with E-state index in [2.05, 4.69) is 32.7 Å². The van der Waals surface area contributed by atoms with Crippen LogP contribution in [0.3, 0.4) is 0 Å². The second-order valence-electron chi connectivity index (χ2n) is 12.2. The third-order valence-corrected chi connectivity index (χ3v) is 9.19. The summed E-state index contributed by atoms with van der Waals surface area (Å²) in [5.41, 5.74) is 4.77. The summed E-state index contributed by atoms with van der Waals surface area (Å²) in [6, 6.07) is 20.3. The molecule has 3 aromatic carbocycles. The standard InChI is InChI=1S/C35H39N5O5/c41-30-14-11-26(27-12-15-32(43)37-33(27)30)31(42)22-36-21-24-10-13-29-28(20-24)38-39-40(29)18-5-2-7-23-8-6-9-25(19-23)35(34(44)45)16-3-1-4-17-35/h6,8-15,19-20,31,36,41-42H,1-5,7,16-18,21-22H2,(H,37,43)(H,44,45)/t31-/m0/s1. The van der Waals surface area contributed by atoms with Crippen molar-refractivity contribution in [2.75, 3.05) is 6.54 Å². The number of phenols is 1. The molecule has 1 atom stereocenters. The fourth-order valence-electron chi connectivity index (χ4n) is 6.70. The molecule has 10 heteroatoms. The highest BCUT2D eigenvalue weighted by molar-refractivity contribution is 5.87. The number of phenolic OH excluding ortho intramolecular Hbond substituents is 1. The van der Waals surface area contributed by atoms with Gasteiger partial charge in [0.1, 0.15) is 11.3 Å². The van der Waals surface area contributed by atoms with Gasteiger partial charge >= 0.3 is 5.97 Å². The summed E-state index contributed by atoms with van der Waals surface area (Å²) < 4.78 is 1.93. The number of pyridine rings is 1. The number of H-pyrrole nitrogens is 1. The second-order valence-corrected chi connectivity index (χ2v) is 12.2. The molecular formula is C35H39N5O5. The van der Waals surface area contributed by atoms with Crippen LogP contribution in [0.4, 0.5) is 0 Å². The lowest BCUT2D eigenvalue weighted by atomic mass is 9.69. The number of aromatic nitrogens is 4. The van der Waals surface area contributed by atoms with Crippen molar-refractivity contribution in [2.45, 2.75) is 76.0 Å². The first-order valence-electron chi connectivity index (χ1n) is 15.7. The molecule has 0 saturated heterocycles. The minimum Gasteiger partial charge on any atom is -0.506 e. The predicted molar refractivity (Wildman–Crippen MR) is 172 cm³/mol. The number of fused-ring (bicyclic) bond motifs is 2. The quantitative estimate of drug-likeness (QED) is 0.122. The maximum absolute atomic E-state index is 12.3. The van der Waals surface area contributed by atoms with Crippen LogP contribution in [-0.4, -0.2) is 47.8 Å². The van der Waals surface area contributed by atoms with Crippen LogP contribution < -0.4 is 10.9 Å². The Bertz CT molecular complexity index is 1870. The minimum absolute atomic E-state index is 0.0388. The van der Waals surface area contributed by atoms with Crippen LogP contribution in [0.15, 0.2) is 71.5 Å². The number of aromatic amines is 1. The first-order valence-corrected chi connectivity index (χ1v) is 15.7. The summed E-state index contributed by atoms with van der Waals surface area (Å²) in [6.07, 6.45) is 6.40. The molecule has 45 heavy (non-hydrogen) atoms. The van der Waals surface area contributed by atoms with Crippen LogP contribution in [0.5, 0.6) is 5.75 Å². The number of hydrogen-bond acceptors (Lipinski definition) is 7. The average Bonchev–Trinajstić information content (AvgIpc) is 3.46. The third-order valence-electron chi connectivity index (χ3n) is 9.19. The van der Waals surface area contributed by atoms with Gasteiger partial charge in [-0.05, 0) is 78.6 Å². The van der Waals surface area contributed by atoms with Crippen LogP contribution in [0.25, 0.3) is 21.9 Å². The van der Waals surface area contributed by atoms with E-state index in [1.54, 1.807) is 12.1 Å². The van der Waals surface area contributed by atoms with Crippen LogP contribution >= 0.6 is 0 Å². The molecule has 0 unspecified atom stereocenters. The van der Waals surface area contributed by atoms with Crippen molar-refractivity contribution in [3.63, 3.8) is 0 Å². The molecule has 234 valence electrons. The molecule has 0 aliphatic heterocycles. The number of hydrogen-bond donors (Lipinski definition) is 5. The van der Waals surface area contributed by atoms with E-state index in [0.29, 0.717) is 35.9 Å². The summed E-state index contributed by atoms with van der Waals surface area (Å²) in [4.78, 5) is 26.6. The first kappa shape index (κ1) is 30.5. The number of unbranched alkanes of at least 4 members (excludes halogenated alkanes) is 1. The van der Waals surface area contributed by atoms with Gasteiger partial charge in [0.05, 0.1) is 22.6 Å². The van der Waals surface area contributed by atoms with Crippen molar-refractivity contribution in [1.29, 1.82) is 0 Å². The van der Waals surface area contributed by atoms with Crippen molar-refractivity contribution in [3.05, 3.63) is 99.3 Å². The number of aliphatic carboxylic acids is 1. The number of carbonyl (C=O) groups is 1. The Morgan fingerprint density at radius 3 is 2.67 bits per heavy atom. The Morgan fingerprint density at radius 2 is 1.84 bits per heavy atom. The average molecular weight is 610 g/mol. The summed E-state index contributed by atoms with van der Waals surface area (Å²) in [6.45, 7) is 1.55. The van der Waals surface area contributed by atoms with Gasteiger partial charge in [-0.3, -0.25) is 9.59 Å². The molecule has 1 saturated carbocycles. The van der Waals surface area contributed by atoms with E-state index < -0.39 is 17.5 Å². The lowest BCUT2D eigenvalue weighted by Gasteiger charge is -2.34. The summed E-state index contributed by atoms with van der Waals surface area (Å²) in [5.74, 6) is -0.737. The Hall–Kier alpha value is -4.54. The van der Waals surface area contributed by atoms with Gasteiger partial charge in [-0.2, -0.15) is 0 Å². The van der Waals surface area contributed by atoms with E-state index >= 15 is 0 Å². The topological polar surface area (TPSA) is 153 Å². The number of benzene rings is 3. The Balaban J connectivity index is 1.02. The van der Waals surface area contributed by atoms with Crippen molar-refractivity contribution >= 4 is 27.9 Å². The molecule has 0 spiro atoms. The summed E-state index contributed by atoms with van der Waals surface area (Å²) >= 11 is 0. The normalized spacial score (nSPS) is 15.4. The van der Waals surface area contributed by atoms with Crippen molar-refractivity contribution < 1.29 is 20.1 Å². The molecule has 0 bridgehead atoms. The SMILES string of the molecule is O=C(O)C1(c2cccc(CCCCn3nnc4cc(CNC[C@H](O)c5ccc(O)c6[nH]c(=O)ccc56)ccc43)c2)CCCCC1. The van der Waals surface area contributed by atoms with Gasteiger partial charge in [-0.1, -0.05) is 60.9 Å². The van der Waals surface area contributed by atoms with Crippen LogP contribution in [0, 0.1) is 0 Å². The van der Waals surface area contributed by atoms with Gasteiger partial charge in [0, 0.05) is 31.1 Å². The smallest absolute Gasteiger partial charge is 0.314 e. The first-order chi connectivity index (χ1) is 21.8. The highest BCUT2D eigenvalue weighted by atomic mass is 16.4. The number of nitrogens with zero attached hydrogens (tertiary/aromatic N) is 3. The van der Waals surface area contributed by atoms with Gasteiger partial charge in [-0.25, -0.2) is 4.68 Å². The zero-order valence-electron chi connectivity index (χ0n) is 25.2. The molecule has 6 rings (SSSR count). The van der Waals surface area contributed by atoms with Crippen LogP contribution in [0.1, 0.15) is 73.3 Å². The lowest BCUT2D eigenvalue weighted by Crippen LogP contribution is -2.37. The van der Waals surface area contributed by atoms with E-state index in [9.17, 15) is 24.9 Å². The highest BCUT2D eigenvalue weighted by Crippen LogP contribution is 2.40. The molecule has 5 aromatic rings. The molecule has 5 N–H and O–H groups in total. The van der Waals surface area contributed by atoms with Gasteiger partial charge in [0.15, 0.2) is 0 Å². The second kappa shape index (κ2) is 13.2. The molecule has 0 radical (unpaired) electrons. The number of nitrogens with one attached hydrogen (secondary N) is 2. The molecular weight excluding hydrogens is 570 g/mol. The maximum atomic E-state index is 12.3. The highest BCUT2D eigenvalue weighted by Gasteiger charge is 2.41. The van der Waals surface area contributed by atoms with Crippen molar-refractivity contribution in [2.24, 2.45) is 0 Å². The molecule has 2 aromatic heterocycles. The summed E-state index contributed by atoms with van der Waals surface area (Å²) in [7, 11) is 0. The fourth-order valence-corrected chi connectivity index (χ4v) is 6.70. The van der Waals surface area contributed by atoms with E-state index in [4.69, 9.17) is 0 Å². The number of aliphatic hydroxyl groups is 1. The van der Waals surface area contributed by atoms with Crippen molar-refractivity contribution in [3.8, 4) is 5.75 Å². The zero-order valence-corrected chi connectivity index (χ0v) is 25.2. The third kappa shape index (κ3) is 6.48. The molecule has 1 fully saturated rings. The van der Waals surface area contributed by atoms with Gasteiger partial charge in [0.25, 0.3) is 0 Å². The molecule has 2 heterocycles. The fraction of sp³-hybridized carbons (Fsp3) is 0.371. The van der Waals surface area contributed by atoms with Crippen LogP contribution in [-0.2, 0) is 29.7 Å². The van der Waals surface area contributed by atoms with E-state index in [-0.39, 0.29) is 17.9 Å². The summed E-state index contributed by atoms with van der Waals surface area (Å²) in [5, 5.41) is 43.6. The molecule has 10 nitrogen and oxygen atoms in total. The molecule has 1 aliphatic carbocycles. The number of aliphatic hydroxyl groups excluding tert-OH is 1. The minimum atomic E-state index is -0.836. The van der Waals surface area contributed by atoms with Crippen LogP contribution in [0.2, 0.25) is 0 Å². The number of carboxylic acids is 1. The van der Waals surface area contributed by atoms with Gasteiger partial charge in [-0.15, -0.1) is 5.10 Å². The maximum Gasteiger partial charge on any atom is 0.314 e.